The van der Waals surface area contributed by atoms with E-state index < -0.39 is 0 Å². The van der Waals surface area contributed by atoms with E-state index in [4.69, 9.17) is 0 Å². The highest BCUT2D eigenvalue weighted by Crippen LogP contribution is 2.20. The van der Waals surface area contributed by atoms with Gasteiger partial charge in [0.15, 0.2) is 5.78 Å². The summed E-state index contributed by atoms with van der Waals surface area (Å²) in [6.45, 7) is 5.62. The Morgan fingerprint density at radius 1 is 0.944 bits per heavy atom. The van der Waals surface area contributed by atoms with Gasteiger partial charge in [-0.15, -0.1) is 0 Å². The quantitative estimate of drug-likeness (QED) is 0.728. The molecular formula is C16H15FO. The molecule has 0 aliphatic carbocycles. The molecule has 18 heavy (non-hydrogen) atoms. The highest BCUT2D eigenvalue weighted by atomic mass is 19.1. The van der Waals surface area contributed by atoms with Gasteiger partial charge in [0.1, 0.15) is 5.82 Å². The first-order chi connectivity index (χ1) is 8.50. The maximum absolute atomic E-state index is 13.3. The number of rotatable bonds is 2. The molecule has 0 aliphatic heterocycles. The maximum Gasteiger partial charge on any atom is 0.193 e. The fraction of sp³-hybridized carbons (Fsp3) is 0.188. The summed E-state index contributed by atoms with van der Waals surface area (Å²) in [5.74, 6) is -0.488. The highest BCUT2D eigenvalue weighted by molar-refractivity contribution is 6.11. The van der Waals surface area contributed by atoms with Crippen LogP contribution in [0.5, 0.6) is 0 Å². The number of carbonyl (C=O) groups excluding carboxylic acids is 1. The Labute approximate surface area is 106 Å². The molecule has 2 heteroatoms. The molecule has 0 unspecified atom stereocenters. The van der Waals surface area contributed by atoms with Crippen LogP contribution in [0.3, 0.4) is 0 Å². The lowest BCUT2D eigenvalue weighted by atomic mass is 9.93. The van der Waals surface area contributed by atoms with E-state index in [2.05, 4.69) is 0 Å². The van der Waals surface area contributed by atoms with Crippen molar-refractivity contribution in [2.45, 2.75) is 20.8 Å². The van der Waals surface area contributed by atoms with Gasteiger partial charge in [-0.3, -0.25) is 4.79 Å². The number of halogens is 1. The Morgan fingerprint density at radius 3 is 2.17 bits per heavy atom. The fourth-order valence-corrected chi connectivity index (χ4v) is 2.15. The average molecular weight is 242 g/mol. The van der Waals surface area contributed by atoms with Crippen molar-refractivity contribution in [3.63, 3.8) is 0 Å². The van der Waals surface area contributed by atoms with Crippen LogP contribution in [0.1, 0.15) is 32.6 Å². The van der Waals surface area contributed by atoms with Crippen molar-refractivity contribution >= 4 is 5.78 Å². The second-order valence-corrected chi connectivity index (χ2v) is 4.56. The average Bonchev–Trinajstić information content (AvgIpc) is 2.32. The Hall–Kier alpha value is -1.96. The molecule has 0 fully saturated rings. The summed E-state index contributed by atoms with van der Waals surface area (Å²) in [5.41, 5.74) is 3.75. The molecule has 0 heterocycles. The Balaban J connectivity index is 2.58. The van der Waals surface area contributed by atoms with E-state index in [0.717, 1.165) is 16.7 Å². The van der Waals surface area contributed by atoms with Crippen molar-refractivity contribution < 1.29 is 9.18 Å². The van der Waals surface area contributed by atoms with Crippen LogP contribution in [-0.4, -0.2) is 5.78 Å². The molecule has 0 saturated carbocycles. The van der Waals surface area contributed by atoms with Crippen molar-refractivity contribution in [2.24, 2.45) is 0 Å². The molecular weight excluding hydrogens is 227 g/mol. The van der Waals surface area contributed by atoms with Crippen molar-refractivity contribution in [1.82, 2.24) is 0 Å². The predicted octanol–water partition coefficient (Wildman–Crippen LogP) is 3.98. The van der Waals surface area contributed by atoms with Gasteiger partial charge >= 0.3 is 0 Å². The van der Waals surface area contributed by atoms with Gasteiger partial charge < -0.3 is 0 Å². The summed E-state index contributed by atoms with van der Waals surface area (Å²) >= 11 is 0. The van der Waals surface area contributed by atoms with E-state index >= 15 is 0 Å². The maximum atomic E-state index is 13.3. The van der Waals surface area contributed by atoms with Gasteiger partial charge in [0.25, 0.3) is 0 Å². The van der Waals surface area contributed by atoms with Crippen LogP contribution in [0, 0.1) is 26.6 Å². The summed E-state index contributed by atoms with van der Waals surface area (Å²) in [5, 5.41) is 0. The van der Waals surface area contributed by atoms with E-state index in [-0.39, 0.29) is 11.6 Å². The van der Waals surface area contributed by atoms with E-state index in [1.807, 2.05) is 39.0 Å². The molecule has 2 aromatic carbocycles. The summed E-state index contributed by atoms with van der Waals surface area (Å²) < 4.78 is 13.3. The predicted molar refractivity (Wildman–Crippen MR) is 70.5 cm³/mol. The van der Waals surface area contributed by atoms with Gasteiger partial charge in [-0.05, 0) is 49.6 Å². The van der Waals surface area contributed by atoms with Crippen LogP contribution < -0.4 is 0 Å². The van der Waals surface area contributed by atoms with Crippen molar-refractivity contribution in [2.75, 3.05) is 0 Å². The van der Waals surface area contributed by atoms with Crippen LogP contribution in [0.15, 0.2) is 36.4 Å². The number of benzene rings is 2. The first kappa shape index (κ1) is 12.5. The number of ketones is 1. The Bertz CT molecular complexity index is 594. The van der Waals surface area contributed by atoms with Crippen molar-refractivity contribution in [3.05, 3.63) is 70.0 Å². The highest BCUT2D eigenvalue weighted by Gasteiger charge is 2.16. The lowest BCUT2D eigenvalue weighted by molar-refractivity contribution is 0.103. The number of hydrogen-bond acceptors (Lipinski definition) is 1. The second kappa shape index (κ2) is 4.73. The molecule has 1 nitrogen and oxygen atoms in total. The minimum atomic E-state index is -0.379. The number of hydrogen-bond donors (Lipinski definition) is 0. The van der Waals surface area contributed by atoms with Crippen LogP contribution in [0.25, 0.3) is 0 Å². The molecule has 2 rings (SSSR count). The Morgan fingerprint density at radius 2 is 1.56 bits per heavy atom. The molecule has 0 bridgehead atoms. The van der Waals surface area contributed by atoms with Crippen LogP contribution in [0.4, 0.5) is 4.39 Å². The molecule has 2 aromatic rings. The molecule has 92 valence electrons. The molecule has 0 N–H and O–H groups in total. The third-order valence-corrected chi connectivity index (χ3v) is 3.15. The summed E-state index contributed by atoms with van der Waals surface area (Å²) in [6, 6.07) is 10.0. The first-order valence-corrected chi connectivity index (χ1v) is 5.88. The van der Waals surface area contributed by atoms with Gasteiger partial charge in [-0.1, -0.05) is 24.3 Å². The zero-order valence-electron chi connectivity index (χ0n) is 10.8. The molecule has 0 atom stereocenters. The van der Waals surface area contributed by atoms with Crippen molar-refractivity contribution in [1.29, 1.82) is 0 Å². The lowest BCUT2D eigenvalue weighted by Crippen LogP contribution is -2.08. The lowest BCUT2D eigenvalue weighted by Gasteiger charge is -2.10. The van der Waals surface area contributed by atoms with Crippen LogP contribution >= 0.6 is 0 Å². The molecule has 0 saturated heterocycles. The molecule has 0 aliphatic rings. The minimum Gasteiger partial charge on any atom is -0.289 e. The van der Waals surface area contributed by atoms with Crippen LogP contribution in [0.2, 0.25) is 0 Å². The fourth-order valence-electron chi connectivity index (χ4n) is 2.15. The van der Waals surface area contributed by atoms with Gasteiger partial charge in [0, 0.05) is 11.1 Å². The van der Waals surface area contributed by atoms with Gasteiger partial charge in [0.2, 0.25) is 0 Å². The topological polar surface area (TPSA) is 17.1 Å². The van der Waals surface area contributed by atoms with Crippen LogP contribution in [-0.2, 0) is 0 Å². The zero-order chi connectivity index (χ0) is 13.3. The summed E-state index contributed by atoms with van der Waals surface area (Å²) in [6.07, 6.45) is 0. The number of aryl methyl sites for hydroxylation is 3. The van der Waals surface area contributed by atoms with E-state index in [9.17, 15) is 9.18 Å². The molecule has 0 radical (unpaired) electrons. The summed E-state index contributed by atoms with van der Waals surface area (Å²) in [7, 11) is 0. The number of carbonyl (C=O) groups is 1. The molecule has 0 aromatic heterocycles. The minimum absolute atomic E-state index is 0.109. The Kier molecular flexibility index (Phi) is 3.28. The normalized spacial score (nSPS) is 10.4. The molecule has 0 amide bonds. The van der Waals surface area contributed by atoms with E-state index in [1.165, 1.54) is 12.1 Å². The summed E-state index contributed by atoms with van der Waals surface area (Å²) in [4.78, 5) is 12.5. The largest absolute Gasteiger partial charge is 0.289 e. The smallest absolute Gasteiger partial charge is 0.193 e. The second-order valence-electron chi connectivity index (χ2n) is 4.56. The standard InChI is InChI=1S/C16H15FO/c1-10-7-8-13(17)9-14(10)16(18)15-11(2)5-4-6-12(15)3/h4-9H,1-3H3. The van der Waals surface area contributed by atoms with E-state index in [1.54, 1.807) is 6.07 Å². The van der Waals surface area contributed by atoms with Gasteiger partial charge in [-0.25, -0.2) is 4.39 Å². The SMILES string of the molecule is Cc1ccc(F)cc1C(=O)c1c(C)cccc1C. The zero-order valence-corrected chi connectivity index (χ0v) is 10.8. The van der Waals surface area contributed by atoms with Crippen molar-refractivity contribution in [3.8, 4) is 0 Å². The molecule has 0 spiro atoms. The third kappa shape index (κ3) is 2.19. The van der Waals surface area contributed by atoms with Gasteiger partial charge in [-0.2, -0.15) is 0 Å². The first-order valence-electron chi connectivity index (χ1n) is 5.88. The van der Waals surface area contributed by atoms with E-state index in [0.29, 0.717) is 11.1 Å². The third-order valence-electron chi connectivity index (χ3n) is 3.15. The van der Waals surface area contributed by atoms with Gasteiger partial charge in [0.05, 0.1) is 0 Å². The monoisotopic (exact) mass is 242 g/mol.